The molecule has 0 aromatic carbocycles. The molecule has 1 aliphatic rings. The van der Waals surface area contributed by atoms with E-state index in [0.717, 1.165) is 32.7 Å². The number of aromatic nitrogens is 2. The van der Waals surface area contributed by atoms with Gasteiger partial charge in [-0.05, 0) is 19.4 Å². The molecule has 1 aromatic heterocycles. The van der Waals surface area contributed by atoms with Crippen molar-refractivity contribution in [2.45, 2.75) is 32.4 Å². The van der Waals surface area contributed by atoms with E-state index in [1.54, 1.807) is 0 Å². The molecule has 0 spiro atoms. The molecule has 4 nitrogen and oxygen atoms in total. The minimum Gasteiger partial charge on any atom is -0.379 e. The van der Waals surface area contributed by atoms with Gasteiger partial charge in [-0.3, -0.25) is 0 Å². The van der Waals surface area contributed by atoms with Crippen LogP contribution < -0.4 is 5.32 Å². The number of ether oxygens (including phenoxy) is 1. The van der Waals surface area contributed by atoms with Crippen LogP contribution in [0.2, 0.25) is 0 Å². The van der Waals surface area contributed by atoms with Gasteiger partial charge in [-0.2, -0.15) is 0 Å². The van der Waals surface area contributed by atoms with E-state index in [4.69, 9.17) is 4.74 Å². The second-order valence-corrected chi connectivity index (χ2v) is 3.94. The molecule has 0 saturated carbocycles. The summed E-state index contributed by atoms with van der Waals surface area (Å²) in [6.07, 6.45) is 6.22. The van der Waals surface area contributed by atoms with Crippen LogP contribution in [0.1, 0.15) is 31.5 Å². The Morgan fingerprint density at radius 3 is 3.33 bits per heavy atom. The summed E-state index contributed by atoms with van der Waals surface area (Å²) in [5, 5.41) is 3.33. The van der Waals surface area contributed by atoms with Crippen molar-refractivity contribution in [3.8, 4) is 0 Å². The SMILES string of the molecule is CCNCc1cncn1C1CCCOC1. The molecule has 0 radical (unpaired) electrons. The predicted molar refractivity (Wildman–Crippen MR) is 58.7 cm³/mol. The number of imidazole rings is 1. The van der Waals surface area contributed by atoms with Crippen LogP contribution >= 0.6 is 0 Å². The molecule has 2 rings (SSSR count). The van der Waals surface area contributed by atoms with E-state index in [2.05, 4.69) is 21.8 Å². The van der Waals surface area contributed by atoms with Gasteiger partial charge in [0.05, 0.1) is 24.7 Å². The molecule has 15 heavy (non-hydrogen) atoms. The average molecular weight is 209 g/mol. The first-order chi connectivity index (χ1) is 7.42. The largest absolute Gasteiger partial charge is 0.379 e. The van der Waals surface area contributed by atoms with Crippen molar-refractivity contribution in [3.63, 3.8) is 0 Å². The number of nitrogens with zero attached hydrogens (tertiary/aromatic N) is 2. The molecular weight excluding hydrogens is 190 g/mol. The van der Waals surface area contributed by atoms with Crippen molar-refractivity contribution in [1.82, 2.24) is 14.9 Å². The highest BCUT2D eigenvalue weighted by Gasteiger charge is 2.17. The van der Waals surface area contributed by atoms with Gasteiger partial charge in [0.25, 0.3) is 0 Å². The number of hydrogen-bond donors (Lipinski definition) is 1. The average Bonchev–Trinajstić information content (AvgIpc) is 2.75. The van der Waals surface area contributed by atoms with Gasteiger partial charge in [0, 0.05) is 19.3 Å². The Morgan fingerprint density at radius 1 is 1.67 bits per heavy atom. The predicted octanol–water partition coefficient (Wildman–Crippen LogP) is 1.34. The van der Waals surface area contributed by atoms with Crippen LogP contribution in [0.4, 0.5) is 0 Å². The van der Waals surface area contributed by atoms with Crippen LogP contribution in [0.15, 0.2) is 12.5 Å². The van der Waals surface area contributed by atoms with Gasteiger partial charge in [-0.1, -0.05) is 6.92 Å². The second-order valence-electron chi connectivity index (χ2n) is 3.94. The van der Waals surface area contributed by atoms with E-state index in [1.165, 1.54) is 12.1 Å². The molecule has 1 saturated heterocycles. The molecule has 1 fully saturated rings. The maximum Gasteiger partial charge on any atom is 0.0952 e. The van der Waals surface area contributed by atoms with Crippen LogP contribution in [0.5, 0.6) is 0 Å². The molecule has 1 atom stereocenters. The standard InChI is InChI=1S/C11H19N3O/c1-2-12-6-11-7-13-9-14(11)10-4-3-5-15-8-10/h7,9-10,12H,2-6,8H2,1H3. The Kier molecular flexibility index (Phi) is 3.75. The van der Waals surface area contributed by atoms with Gasteiger partial charge in [-0.25, -0.2) is 4.98 Å². The van der Waals surface area contributed by atoms with Gasteiger partial charge >= 0.3 is 0 Å². The minimum atomic E-state index is 0.481. The highest BCUT2D eigenvalue weighted by molar-refractivity contribution is 5.00. The van der Waals surface area contributed by atoms with Crippen LogP contribution in [0.25, 0.3) is 0 Å². The molecule has 2 heterocycles. The lowest BCUT2D eigenvalue weighted by atomic mass is 10.1. The first kappa shape index (κ1) is 10.6. The van der Waals surface area contributed by atoms with Gasteiger partial charge in [0.1, 0.15) is 0 Å². The first-order valence-electron chi connectivity index (χ1n) is 5.71. The van der Waals surface area contributed by atoms with E-state index in [-0.39, 0.29) is 0 Å². The fourth-order valence-corrected chi connectivity index (χ4v) is 1.99. The maximum atomic E-state index is 5.50. The molecule has 1 aliphatic heterocycles. The zero-order chi connectivity index (χ0) is 10.5. The molecule has 1 N–H and O–H groups in total. The van der Waals surface area contributed by atoms with E-state index in [1.807, 2.05) is 12.5 Å². The first-order valence-corrected chi connectivity index (χ1v) is 5.71. The fourth-order valence-electron chi connectivity index (χ4n) is 1.99. The van der Waals surface area contributed by atoms with Gasteiger partial charge < -0.3 is 14.6 Å². The maximum absolute atomic E-state index is 5.50. The highest BCUT2D eigenvalue weighted by Crippen LogP contribution is 2.20. The molecule has 0 aliphatic carbocycles. The van der Waals surface area contributed by atoms with Crippen molar-refractivity contribution >= 4 is 0 Å². The van der Waals surface area contributed by atoms with Gasteiger partial charge in [0.15, 0.2) is 0 Å². The van der Waals surface area contributed by atoms with Gasteiger partial charge in [-0.15, -0.1) is 0 Å². The van der Waals surface area contributed by atoms with E-state index >= 15 is 0 Å². The third-order valence-electron chi connectivity index (χ3n) is 2.83. The minimum absolute atomic E-state index is 0.481. The molecule has 0 bridgehead atoms. The highest BCUT2D eigenvalue weighted by atomic mass is 16.5. The summed E-state index contributed by atoms with van der Waals surface area (Å²) in [4.78, 5) is 4.22. The van der Waals surface area contributed by atoms with Crippen molar-refractivity contribution in [3.05, 3.63) is 18.2 Å². The molecule has 1 unspecified atom stereocenters. The third kappa shape index (κ3) is 2.58. The van der Waals surface area contributed by atoms with Crippen LogP contribution in [-0.2, 0) is 11.3 Å². The Balaban J connectivity index is 2.02. The summed E-state index contributed by atoms with van der Waals surface area (Å²) in [6.45, 7) is 5.74. The normalized spacial score (nSPS) is 21.8. The summed E-state index contributed by atoms with van der Waals surface area (Å²) in [5.41, 5.74) is 1.26. The number of rotatable bonds is 4. The summed E-state index contributed by atoms with van der Waals surface area (Å²) < 4.78 is 7.75. The number of hydrogen-bond acceptors (Lipinski definition) is 3. The Labute approximate surface area is 90.6 Å². The Morgan fingerprint density at radius 2 is 2.60 bits per heavy atom. The smallest absolute Gasteiger partial charge is 0.0952 e. The molecule has 84 valence electrons. The van der Waals surface area contributed by atoms with Crippen molar-refractivity contribution in [2.75, 3.05) is 19.8 Å². The summed E-state index contributed by atoms with van der Waals surface area (Å²) in [6, 6.07) is 0.481. The van der Waals surface area contributed by atoms with Crippen LogP contribution in [-0.4, -0.2) is 29.3 Å². The van der Waals surface area contributed by atoms with E-state index in [0.29, 0.717) is 6.04 Å². The Hall–Kier alpha value is -0.870. The van der Waals surface area contributed by atoms with Crippen LogP contribution in [0, 0.1) is 0 Å². The zero-order valence-electron chi connectivity index (χ0n) is 9.28. The molecular formula is C11H19N3O. The zero-order valence-corrected chi connectivity index (χ0v) is 9.28. The van der Waals surface area contributed by atoms with E-state index < -0.39 is 0 Å². The van der Waals surface area contributed by atoms with Crippen molar-refractivity contribution < 1.29 is 4.74 Å². The monoisotopic (exact) mass is 209 g/mol. The molecule has 0 amide bonds. The summed E-state index contributed by atoms with van der Waals surface area (Å²) in [5.74, 6) is 0. The van der Waals surface area contributed by atoms with Crippen LogP contribution in [0.3, 0.4) is 0 Å². The lowest BCUT2D eigenvalue weighted by Gasteiger charge is -2.25. The fraction of sp³-hybridized carbons (Fsp3) is 0.727. The third-order valence-corrected chi connectivity index (χ3v) is 2.83. The summed E-state index contributed by atoms with van der Waals surface area (Å²) in [7, 11) is 0. The lowest BCUT2D eigenvalue weighted by molar-refractivity contribution is 0.0582. The van der Waals surface area contributed by atoms with Gasteiger partial charge in [0.2, 0.25) is 0 Å². The Bertz CT molecular complexity index is 292. The summed E-state index contributed by atoms with van der Waals surface area (Å²) >= 11 is 0. The molecule has 4 heteroatoms. The topological polar surface area (TPSA) is 39.1 Å². The quantitative estimate of drug-likeness (QED) is 0.813. The van der Waals surface area contributed by atoms with E-state index in [9.17, 15) is 0 Å². The number of nitrogens with one attached hydrogen (secondary N) is 1. The van der Waals surface area contributed by atoms with Crippen molar-refractivity contribution in [2.24, 2.45) is 0 Å². The molecule has 1 aromatic rings. The van der Waals surface area contributed by atoms with Crippen molar-refractivity contribution in [1.29, 1.82) is 0 Å². The second kappa shape index (κ2) is 5.28. The lowest BCUT2D eigenvalue weighted by Crippen LogP contribution is -2.24.